The van der Waals surface area contributed by atoms with E-state index in [-0.39, 0.29) is 30.1 Å². The second-order valence-corrected chi connectivity index (χ2v) is 10.0. The summed E-state index contributed by atoms with van der Waals surface area (Å²) in [5.41, 5.74) is 1.49. The van der Waals surface area contributed by atoms with Crippen LogP contribution in [0.25, 0.3) is 0 Å². The summed E-state index contributed by atoms with van der Waals surface area (Å²) >= 11 is 0. The highest BCUT2D eigenvalue weighted by atomic mass is 16.6. The second kappa shape index (κ2) is 16.5. The smallest absolute Gasteiger partial charge is 0.411 e. The van der Waals surface area contributed by atoms with Gasteiger partial charge in [0.05, 0.1) is 12.7 Å². The van der Waals surface area contributed by atoms with Gasteiger partial charge in [0, 0.05) is 24.6 Å². The molecule has 0 saturated heterocycles. The number of hydrogen-bond acceptors (Lipinski definition) is 7. The van der Waals surface area contributed by atoms with Crippen LogP contribution < -0.4 is 10.1 Å². The minimum Gasteiger partial charge on any atom is -0.460 e. The topological polar surface area (TPSA) is 114 Å². The Morgan fingerprint density at radius 3 is 2.73 bits per heavy atom. The van der Waals surface area contributed by atoms with E-state index < -0.39 is 30.6 Å². The van der Waals surface area contributed by atoms with Crippen LogP contribution in [0.15, 0.2) is 73.0 Å². The molecule has 3 rings (SSSR count). The number of benzene rings is 2. The average molecular weight is 552 g/mol. The molecule has 0 fully saturated rings. The number of esters is 1. The summed E-state index contributed by atoms with van der Waals surface area (Å²) in [4.78, 5) is 25.4. The number of aliphatic hydroxyl groups is 2. The van der Waals surface area contributed by atoms with E-state index in [1.807, 2.05) is 31.2 Å². The number of carbonyl (C=O) groups excluding carboxylic acids is 2. The monoisotopic (exact) mass is 551 g/mol. The van der Waals surface area contributed by atoms with Gasteiger partial charge in [0.2, 0.25) is 6.29 Å². The number of alkyl carbamates (subject to hydrolysis) is 1. The number of unbranched alkanes of at least 4 members (excludes halogenated alkanes) is 2. The Labute approximate surface area is 236 Å². The number of carbonyl (C=O) groups is 2. The zero-order valence-corrected chi connectivity index (χ0v) is 23.3. The Kier molecular flexibility index (Phi) is 12.7. The molecule has 8 nitrogen and oxygen atoms in total. The van der Waals surface area contributed by atoms with Gasteiger partial charge in [0.15, 0.2) is 0 Å². The number of hydrogen-bond donors (Lipinski definition) is 3. The van der Waals surface area contributed by atoms with E-state index in [4.69, 9.17) is 14.2 Å². The van der Waals surface area contributed by atoms with Gasteiger partial charge in [0.1, 0.15) is 17.4 Å². The Hall–Kier alpha value is -3.62. The minimum absolute atomic E-state index is 0.0350. The summed E-state index contributed by atoms with van der Waals surface area (Å²) < 4.78 is 16.9. The predicted molar refractivity (Wildman–Crippen MR) is 153 cm³/mol. The van der Waals surface area contributed by atoms with Gasteiger partial charge < -0.3 is 24.4 Å². The molecule has 1 aliphatic rings. The Balaban J connectivity index is 1.77. The van der Waals surface area contributed by atoms with Crippen molar-refractivity contribution >= 4 is 12.1 Å². The Morgan fingerprint density at radius 2 is 1.95 bits per heavy atom. The molecule has 2 aromatic carbocycles. The van der Waals surface area contributed by atoms with Crippen LogP contribution >= 0.6 is 0 Å². The lowest BCUT2D eigenvalue weighted by Crippen LogP contribution is -2.28. The van der Waals surface area contributed by atoms with Crippen LogP contribution in [-0.4, -0.2) is 41.1 Å². The lowest BCUT2D eigenvalue weighted by atomic mass is 9.93. The zero-order valence-electron chi connectivity index (χ0n) is 23.3. The minimum atomic E-state index is -1.27. The molecule has 4 atom stereocenters. The fourth-order valence-electron chi connectivity index (χ4n) is 4.37. The normalized spacial score (nSPS) is 20.5. The molecule has 2 aromatic rings. The Bertz CT molecular complexity index is 1130. The van der Waals surface area contributed by atoms with Gasteiger partial charge in [-0.3, -0.25) is 5.32 Å². The van der Waals surface area contributed by atoms with Crippen molar-refractivity contribution in [1.82, 2.24) is 5.32 Å². The number of ether oxygens (including phenoxy) is 3. The van der Waals surface area contributed by atoms with Crippen LogP contribution in [0.5, 0.6) is 5.75 Å². The second-order valence-electron chi connectivity index (χ2n) is 10.0. The molecule has 3 N–H and O–H groups in total. The van der Waals surface area contributed by atoms with Crippen LogP contribution in [0.2, 0.25) is 0 Å². The third-order valence-corrected chi connectivity index (χ3v) is 6.79. The summed E-state index contributed by atoms with van der Waals surface area (Å²) in [7, 11) is 0. The number of fused-ring (bicyclic) bond motifs is 1. The van der Waals surface area contributed by atoms with Crippen molar-refractivity contribution in [2.24, 2.45) is 5.92 Å². The average Bonchev–Trinajstić information content (AvgIpc) is 2.95. The highest BCUT2D eigenvalue weighted by Gasteiger charge is 2.27. The third kappa shape index (κ3) is 9.84. The maximum atomic E-state index is 13.6. The molecule has 8 heteroatoms. The molecule has 1 amide bonds. The Morgan fingerprint density at radius 1 is 1.15 bits per heavy atom. The van der Waals surface area contributed by atoms with Gasteiger partial charge in [0.25, 0.3) is 0 Å². The summed E-state index contributed by atoms with van der Waals surface area (Å²) in [6, 6.07) is 14.1. The highest BCUT2D eigenvalue weighted by Crippen LogP contribution is 2.30. The highest BCUT2D eigenvalue weighted by molar-refractivity contribution is 5.94. The zero-order chi connectivity index (χ0) is 28.7. The fraction of sp³-hybridized carbons (Fsp3) is 0.438. The predicted octanol–water partition coefficient (Wildman–Crippen LogP) is 5.99. The molecular weight excluding hydrogens is 510 g/mol. The molecule has 0 spiro atoms. The SMILES string of the molecule is CCCCCOC(=O)NC=CC[C@H]1C[C@@H](O)[C@@H](C)CC=CCc2cccc(OC(O)c3ccccc3)c2C(=O)O1. The van der Waals surface area contributed by atoms with E-state index in [2.05, 4.69) is 12.2 Å². The quantitative estimate of drug-likeness (QED) is 0.144. The summed E-state index contributed by atoms with van der Waals surface area (Å²) in [5.74, 6) is -0.436. The van der Waals surface area contributed by atoms with E-state index in [9.17, 15) is 19.8 Å². The van der Waals surface area contributed by atoms with E-state index in [1.165, 1.54) is 6.20 Å². The molecular formula is C32H41NO7. The number of aliphatic hydroxyl groups excluding tert-OH is 2. The van der Waals surface area contributed by atoms with Crippen molar-refractivity contribution in [3.05, 3.63) is 89.6 Å². The van der Waals surface area contributed by atoms with Gasteiger partial charge in [-0.1, -0.05) is 87.4 Å². The van der Waals surface area contributed by atoms with Crippen molar-refractivity contribution in [3.8, 4) is 5.75 Å². The van der Waals surface area contributed by atoms with Crippen molar-refractivity contribution in [2.45, 2.75) is 77.3 Å². The number of allylic oxidation sites excluding steroid dienone is 2. The summed E-state index contributed by atoms with van der Waals surface area (Å²) in [6.45, 7) is 4.39. The van der Waals surface area contributed by atoms with Gasteiger partial charge in [-0.05, 0) is 36.8 Å². The van der Waals surface area contributed by atoms with Gasteiger partial charge >= 0.3 is 12.1 Å². The lowest BCUT2D eigenvalue weighted by molar-refractivity contribution is -0.0214. The standard InChI is InChI=1S/C32H41NO7/c1-3-4-10-21-38-32(37)33-20-12-18-26-22-27(34)23(2)13-8-9-14-24-17-11-19-28(29(24)31(36)39-26)40-30(35)25-15-6-5-7-16-25/h5-9,11-12,15-17,19-20,23,26-27,30,34-35H,3-4,10,13-14,18,21-22H2,1-2H3,(H,33,37)/t23-,26-,27+,30?/m0/s1. The number of cyclic esters (lactones) is 1. The number of nitrogens with one attached hydrogen (secondary N) is 1. The van der Waals surface area contributed by atoms with Crippen LogP contribution in [0.1, 0.15) is 80.1 Å². The summed E-state index contributed by atoms with van der Waals surface area (Å²) in [5, 5.41) is 24.0. The first kappa shape index (κ1) is 30.9. The van der Waals surface area contributed by atoms with Crippen LogP contribution in [0, 0.1) is 5.92 Å². The molecule has 0 bridgehead atoms. The van der Waals surface area contributed by atoms with Crippen LogP contribution in [-0.2, 0) is 15.9 Å². The summed E-state index contributed by atoms with van der Waals surface area (Å²) in [6.07, 6.45) is 8.39. The van der Waals surface area contributed by atoms with E-state index >= 15 is 0 Å². The molecule has 216 valence electrons. The molecule has 1 heterocycles. The third-order valence-electron chi connectivity index (χ3n) is 6.79. The molecule has 1 unspecified atom stereocenters. The van der Waals surface area contributed by atoms with E-state index in [0.717, 1.165) is 19.3 Å². The molecule has 0 saturated carbocycles. The number of rotatable bonds is 10. The first-order chi connectivity index (χ1) is 19.4. The lowest BCUT2D eigenvalue weighted by Gasteiger charge is -2.25. The molecule has 40 heavy (non-hydrogen) atoms. The van der Waals surface area contributed by atoms with Crippen LogP contribution in [0.3, 0.4) is 0 Å². The van der Waals surface area contributed by atoms with Gasteiger partial charge in [-0.25, -0.2) is 9.59 Å². The van der Waals surface area contributed by atoms with E-state index in [0.29, 0.717) is 30.6 Å². The molecule has 0 aliphatic carbocycles. The van der Waals surface area contributed by atoms with Gasteiger partial charge in [-0.15, -0.1) is 0 Å². The maximum absolute atomic E-state index is 13.6. The van der Waals surface area contributed by atoms with Crippen molar-refractivity contribution < 1.29 is 34.0 Å². The largest absolute Gasteiger partial charge is 0.460 e. The first-order valence-electron chi connectivity index (χ1n) is 14.0. The number of amides is 1. The van der Waals surface area contributed by atoms with Crippen molar-refractivity contribution in [1.29, 1.82) is 0 Å². The van der Waals surface area contributed by atoms with Crippen molar-refractivity contribution in [3.63, 3.8) is 0 Å². The van der Waals surface area contributed by atoms with Crippen molar-refractivity contribution in [2.75, 3.05) is 6.61 Å². The van der Waals surface area contributed by atoms with Gasteiger partial charge in [-0.2, -0.15) is 0 Å². The fourth-order valence-corrected chi connectivity index (χ4v) is 4.37. The van der Waals surface area contributed by atoms with Crippen LogP contribution in [0.4, 0.5) is 4.79 Å². The van der Waals surface area contributed by atoms with E-state index in [1.54, 1.807) is 42.5 Å². The first-order valence-corrected chi connectivity index (χ1v) is 14.0. The molecule has 1 aliphatic heterocycles. The maximum Gasteiger partial charge on any atom is 0.411 e. The molecule has 0 aromatic heterocycles. The molecule has 0 radical (unpaired) electrons.